The van der Waals surface area contributed by atoms with E-state index in [1.54, 1.807) is 0 Å². The molecule has 84 heavy (non-hydrogen) atoms. The van der Waals surface area contributed by atoms with Gasteiger partial charge in [-0.15, -0.1) is 0 Å². The van der Waals surface area contributed by atoms with E-state index < -0.39 is 0 Å². The van der Waals surface area contributed by atoms with Crippen LogP contribution in [0.1, 0.15) is 79.0 Å². The average molecular weight is 1080 g/mol. The number of rotatable bonds is 5. The first-order chi connectivity index (χ1) is 40.6. The SMILES string of the molecule is CC(C)(C)c1ccc(N2c3ccc(C(C)(C)C)cc3B3c4ccc(-n5c6ccccc6c6c7c(c8ccccc8n7-c7ccccc7)c7c(c8ccccc8n7-c7ccccc7)c65)cc4N(c4ccc(C(C)(C)C)cc4)c4cccc2c43)cc1. The molecule has 6 heteroatoms. The van der Waals surface area contributed by atoms with Gasteiger partial charge in [0.15, 0.2) is 0 Å². The van der Waals surface area contributed by atoms with Gasteiger partial charge in [-0.1, -0.05) is 202 Å². The lowest BCUT2D eigenvalue weighted by molar-refractivity contribution is 0.590. The highest BCUT2D eigenvalue weighted by Crippen LogP contribution is 2.52. The van der Waals surface area contributed by atoms with Crippen LogP contribution in [0.15, 0.2) is 237 Å². The van der Waals surface area contributed by atoms with Crippen LogP contribution >= 0.6 is 0 Å². The first-order valence-corrected chi connectivity index (χ1v) is 29.9. The minimum absolute atomic E-state index is 0.0108. The first-order valence-electron chi connectivity index (χ1n) is 29.9. The highest BCUT2D eigenvalue weighted by atomic mass is 15.2. The van der Waals surface area contributed by atoms with Gasteiger partial charge < -0.3 is 23.5 Å². The maximum Gasteiger partial charge on any atom is 0.252 e. The van der Waals surface area contributed by atoms with Crippen LogP contribution < -0.4 is 26.2 Å². The van der Waals surface area contributed by atoms with Crippen LogP contribution in [0.3, 0.4) is 0 Å². The van der Waals surface area contributed by atoms with Crippen LogP contribution in [0.4, 0.5) is 34.1 Å². The maximum atomic E-state index is 2.61. The average Bonchev–Trinajstić information content (AvgIpc) is 1.48. The topological polar surface area (TPSA) is 21.3 Å². The fourth-order valence-corrected chi connectivity index (χ4v) is 14.4. The molecule has 5 heterocycles. The van der Waals surface area contributed by atoms with Crippen molar-refractivity contribution in [2.24, 2.45) is 0 Å². The van der Waals surface area contributed by atoms with Gasteiger partial charge in [-0.05, 0) is 146 Å². The molecule has 14 aromatic rings. The fourth-order valence-electron chi connectivity index (χ4n) is 14.4. The van der Waals surface area contributed by atoms with Gasteiger partial charge >= 0.3 is 0 Å². The van der Waals surface area contributed by atoms with E-state index in [0.29, 0.717) is 0 Å². The second-order valence-corrected chi connectivity index (χ2v) is 26.6. The molecule has 0 amide bonds. The molecule has 0 aliphatic carbocycles. The second-order valence-electron chi connectivity index (χ2n) is 26.6. The molecule has 16 rings (SSSR count). The number of benzene rings is 11. The molecule has 2 aliphatic heterocycles. The summed E-state index contributed by atoms with van der Waals surface area (Å²) in [6, 6.07) is 89.7. The van der Waals surface area contributed by atoms with Gasteiger partial charge in [-0.2, -0.15) is 0 Å². The molecule has 2 aliphatic rings. The lowest BCUT2D eigenvalue weighted by Crippen LogP contribution is -2.61. The van der Waals surface area contributed by atoms with Crippen molar-refractivity contribution in [1.29, 1.82) is 0 Å². The van der Waals surface area contributed by atoms with Crippen molar-refractivity contribution in [1.82, 2.24) is 13.7 Å². The Balaban J connectivity index is 1.05. The number of anilines is 6. The van der Waals surface area contributed by atoms with Gasteiger partial charge in [0.1, 0.15) is 0 Å². The van der Waals surface area contributed by atoms with E-state index in [4.69, 9.17) is 0 Å². The largest absolute Gasteiger partial charge is 0.311 e. The number of nitrogens with zero attached hydrogens (tertiary/aromatic N) is 5. The molecule has 3 aromatic heterocycles. The number of para-hydroxylation sites is 5. The first kappa shape index (κ1) is 50.2. The van der Waals surface area contributed by atoms with Crippen LogP contribution in [0.2, 0.25) is 0 Å². The molecule has 0 unspecified atom stereocenters. The van der Waals surface area contributed by atoms with E-state index >= 15 is 0 Å². The summed E-state index contributed by atoms with van der Waals surface area (Å²) in [5.74, 6) is 0. The molecule has 0 radical (unpaired) electrons. The fraction of sp³-hybridized carbons (Fsp3) is 0.154. The Morgan fingerprint density at radius 2 is 0.655 bits per heavy atom. The van der Waals surface area contributed by atoms with Crippen LogP contribution in [0.25, 0.3) is 82.5 Å². The Hall–Kier alpha value is -9.52. The lowest BCUT2D eigenvalue weighted by atomic mass is 9.33. The molecule has 406 valence electrons. The van der Waals surface area contributed by atoms with Gasteiger partial charge in [-0.25, -0.2) is 0 Å². The Labute approximate surface area is 492 Å². The molecule has 0 N–H and O–H groups in total. The van der Waals surface area contributed by atoms with Gasteiger partial charge in [0.25, 0.3) is 6.71 Å². The zero-order chi connectivity index (χ0) is 57.1. The van der Waals surface area contributed by atoms with E-state index in [1.807, 2.05) is 0 Å². The minimum Gasteiger partial charge on any atom is -0.311 e. The van der Waals surface area contributed by atoms with Crippen molar-refractivity contribution in [3.63, 3.8) is 0 Å². The smallest absolute Gasteiger partial charge is 0.252 e. The predicted molar refractivity (Wildman–Crippen MR) is 360 cm³/mol. The van der Waals surface area contributed by atoms with E-state index in [-0.39, 0.29) is 23.0 Å². The molecular formula is C78H66BN5. The van der Waals surface area contributed by atoms with Gasteiger partial charge in [0.2, 0.25) is 0 Å². The summed E-state index contributed by atoms with van der Waals surface area (Å²) in [4.78, 5) is 5.12. The standard InChI is InChI=1S/C78H66BN5/c1-76(2,3)49-35-40-54(41-36-49)80-65-46-39-51(78(7,8)9)47-61(65)79-60-45-44-56(48-68(60)81(67-34-22-33-66(80)72(67)79)55-42-37-50(38-43-55)77(4,5)6)84-64-32-21-18-29-59(64)71-74-69(57-27-16-19-30-62(57)82(74)52-23-12-10-13-24-52)73-70(75(71)84)58-28-17-20-31-63(58)83(73)53-25-14-11-15-26-53/h10-48H,1-9H3. The van der Waals surface area contributed by atoms with Crippen LogP contribution in [0.5, 0.6) is 0 Å². The molecule has 0 bridgehead atoms. The second kappa shape index (κ2) is 18.0. The minimum atomic E-state index is -0.0701. The molecule has 0 atom stereocenters. The third-order valence-corrected chi connectivity index (χ3v) is 18.4. The highest BCUT2D eigenvalue weighted by molar-refractivity contribution is 7.00. The Bertz CT molecular complexity index is 4930. The molecule has 0 saturated carbocycles. The van der Waals surface area contributed by atoms with Gasteiger partial charge in [-0.3, -0.25) is 0 Å². The van der Waals surface area contributed by atoms with E-state index in [9.17, 15) is 0 Å². The number of aromatic nitrogens is 3. The van der Waals surface area contributed by atoms with Crippen LogP contribution in [0, 0.1) is 0 Å². The summed E-state index contributed by atoms with van der Waals surface area (Å²) >= 11 is 0. The summed E-state index contributed by atoms with van der Waals surface area (Å²) in [6.07, 6.45) is 0. The molecule has 0 fully saturated rings. The number of hydrogen-bond donors (Lipinski definition) is 0. The number of hydrogen-bond acceptors (Lipinski definition) is 2. The van der Waals surface area contributed by atoms with Crippen molar-refractivity contribution in [3.05, 3.63) is 253 Å². The van der Waals surface area contributed by atoms with Crippen LogP contribution in [-0.2, 0) is 16.2 Å². The van der Waals surface area contributed by atoms with Crippen LogP contribution in [-0.4, -0.2) is 20.4 Å². The Morgan fingerprint density at radius 1 is 0.274 bits per heavy atom. The molecule has 0 saturated heterocycles. The van der Waals surface area contributed by atoms with E-state index in [0.717, 1.165) is 34.0 Å². The van der Waals surface area contributed by atoms with Crippen molar-refractivity contribution in [2.45, 2.75) is 78.6 Å². The van der Waals surface area contributed by atoms with E-state index in [2.05, 4.69) is 322 Å². The predicted octanol–water partition coefficient (Wildman–Crippen LogP) is 19.0. The number of fused-ring (bicyclic) bond motifs is 16. The van der Waals surface area contributed by atoms with Crippen molar-refractivity contribution in [2.75, 3.05) is 9.80 Å². The molecule has 5 nitrogen and oxygen atoms in total. The summed E-state index contributed by atoms with van der Waals surface area (Å²) in [5, 5.41) is 7.37. The zero-order valence-corrected chi connectivity index (χ0v) is 49.3. The molecule has 11 aromatic carbocycles. The summed E-state index contributed by atoms with van der Waals surface area (Å²) in [5.41, 5.74) is 25.4. The quantitative estimate of drug-likeness (QED) is 0.160. The highest BCUT2D eigenvalue weighted by Gasteiger charge is 2.44. The maximum absolute atomic E-state index is 2.61. The summed E-state index contributed by atoms with van der Waals surface area (Å²) < 4.78 is 7.69. The molecular weight excluding hydrogens is 1020 g/mol. The summed E-state index contributed by atoms with van der Waals surface area (Å²) in [7, 11) is 0. The Kier molecular flexibility index (Phi) is 10.8. The zero-order valence-electron chi connectivity index (χ0n) is 49.3. The molecule has 0 spiro atoms. The van der Waals surface area contributed by atoms with Crippen molar-refractivity contribution < 1.29 is 0 Å². The van der Waals surface area contributed by atoms with Gasteiger partial charge in [0.05, 0.1) is 33.1 Å². The lowest BCUT2D eigenvalue weighted by Gasteiger charge is -2.44. The summed E-state index contributed by atoms with van der Waals surface area (Å²) in [6.45, 7) is 20.8. The normalized spacial score (nSPS) is 13.5. The third kappa shape index (κ3) is 7.29. The van der Waals surface area contributed by atoms with Crippen molar-refractivity contribution in [3.8, 4) is 17.1 Å². The van der Waals surface area contributed by atoms with Crippen molar-refractivity contribution >= 4 is 123 Å². The third-order valence-electron chi connectivity index (χ3n) is 18.4. The van der Waals surface area contributed by atoms with E-state index in [1.165, 1.54) is 116 Å². The van der Waals surface area contributed by atoms with Gasteiger partial charge in [0, 0.05) is 83.5 Å². The Morgan fingerprint density at radius 3 is 1.10 bits per heavy atom. The monoisotopic (exact) mass is 1080 g/mol.